The third-order valence-electron chi connectivity index (χ3n) is 1.82. The van der Waals surface area contributed by atoms with E-state index in [0.29, 0.717) is 0 Å². The lowest BCUT2D eigenvalue weighted by molar-refractivity contribution is -0.137. The Bertz CT molecular complexity index is 306. The smallest absolute Gasteiger partial charge is 0.416 e. The molecule has 0 bridgehead atoms. The van der Waals surface area contributed by atoms with Gasteiger partial charge in [-0.15, -0.1) is 0 Å². The molecule has 0 saturated heterocycles. The van der Waals surface area contributed by atoms with Gasteiger partial charge in [0.2, 0.25) is 0 Å². The molecule has 0 saturated carbocycles. The number of aromatic hydroxyl groups is 1. The summed E-state index contributed by atoms with van der Waals surface area (Å²) in [7, 11) is 0. The summed E-state index contributed by atoms with van der Waals surface area (Å²) in [6, 6.07) is 1.87. The molecule has 0 atom stereocenters. The minimum Gasteiger partial charge on any atom is -0.507 e. The van der Waals surface area contributed by atoms with Crippen molar-refractivity contribution in [3.05, 3.63) is 28.8 Å². The van der Waals surface area contributed by atoms with Crippen LogP contribution in [-0.2, 0) is 6.18 Å². The van der Waals surface area contributed by atoms with Crippen molar-refractivity contribution in [2.75, 3.05) is 0 Å². The van der Waals surface area contributed by atoms with E-state index >= 15 is 0 Å². The molecule has 1 aromatic carbocycles. The van der Waals surface area contributed by atoms with Gasteiger partial charge in [-0.2, -0.15) is 13.2 Å². The Kier molecular flexibility index (Phi) is 4.65. The van der Waals surface area contributed by atoms with Crippen LogP contribution in [0.1, 0.15) is 30.5 Å². The van der Waals surface area contributed by atoms with E-state index in [2.05, 4.69) is 0 Å². The molecule has 0 fully saturated rings. The van der Waals surface area contributed by atoms with Crippen LogP contribution in [0.2, 0.25) is 0 Å². The summed E-state index contributed by atoms with van der Waals surface area (Å²) in [4.78, 5) is 0. The molecular weight excluding hydrogens is 205 g/mol. The summed E-state index contributed by atoms with van der Waals surface area (Å²) in [6.45, 7) is 6.88. The van der Waals surface area contributed by atoms with Crippen LogP contribution in [0.25, 0.3) is 0 Å². The second-order valence-electron chi connectivity index (χ2n) is 2.96. The summed E-state index contributed by atoms with van der Waals surface area (Å²) < 4.78 is 36.6. The molecule has 0 aliphatic carbocycles. The van der Waals surface area contributed by atoms with Gasteiger partial charge in [0.15, 0.2) is 0 Å². The number of hydrogen-bond donors (Lipinski definition) is 1. The summed E-state index contributed by atoms with van der Waals surface area (Å²) in [5.74, 6) is -0.0759. The topological polar surface area (TPSA) is 20.2 Å². The Labute approximate surface area is 87.6 Å². The van der Waals surface area contributed by atoms with Crippen molar-refractivity contribution >= 4 is 0 Å². The number of halogens is 3. The maximum atomic E-state index is 12.2. The number of rotatable bonds is 0. The van der Waals surface area contributed by atoms with E-state index in [9.17, 15) is 18.3 Å². The first kappa shape index (κ1) is 13.8. The Balaban J connectivity index is 0.000000921. The van der Waals surface area contributed by atoms with Gasteiger partial charge in [-0.05, 0) is 37.1 Å². The molecule has 0 aromatic heterocycles. The molecule has 1 N–H and O–H groups in total. The third kappa shape index (κ3) is 3.46. The molecule has 1 aromatic rings. The molecule has 1 rings (SSSR count). The van der Waals surface area contributed by atoms with E-state index in [0.717, 1.165) is 12.1 Å². The summed E-state index contributed by atoms with van der Waals surface area (Å²) in [5.41, 5.74) is -0.236. The van der Waals surface area contributed by atoms with E-state index < -0.39 is 11.7 Å². The first-order valence-electron chi connectivity index (χ1n) is 4.70. The van der Waals surface area contributed by atoms with Crippen molar-refractivity contribution in [1.82, 2.24) is 0 Å². The maximum absolute atomic E-state index is 12.2. The van der Waals surface area contributed by atoms with E-state index in [1.54, 1.807) is 0 Å². The van der Waals surface area contributed by atoms with Crippen molar-refractivity contribution in [3.63, 3.8) is 0 Å². The Morgan fingerprint density at radius 2 is 1.33 bits per heavy atom. The normalized spacial score (nSPS) is 10.6. The van der Waals surface area contributed by atoms with E-state index in [4.69, 9.17) is 0 Å². The van der Waals surface area contributed by atoms with Crippen LogP contribution in [0, 0.1) is 13.8 Å². The minimum absolute atomic E-state index is 0.0759. The van der Waals surface area contributed by atoms with Crippen molar-refractivity contribution in [3.8, 4) is 5.75 Å². The van der Waals surface area contributed by atoms with Gasteiger partial charge >= 0.3 is 6.18 Å². The van der Waals surface area contributed by atoms with Gasteiger partial charge in [-0.1, -0.05) is 13.8 Å². The molecule has 0 heterocycles. The summed E-state index contributed by atoms with van der Waals surface area (Å²) in [5, 5.41) is 9.23. The molecule has 1 nitrogen and oxygen atoms in total. The molecule has 0 radical (unpaired) electrons. The van der Waals surface area contributed by atoms with Gasteiger partial charge < -0.3 is 5.11 Å². The first-order chi connectivity index (χ1) is 6.82. The zero-order valence-electron chi connectivity index (χ0n) is 9.24. The van der Waals surface area contributed by atoms with Crippen LogP contribution in [0.15, 0.2) is 12.1 Å². The molecule has 0 amide bonds. The van der Waals surface area contributed by atoms with E-state index in [-0.39, 0.29) is 16.9 Å². The van der Waals surface area contributed by atoms with Crippen molar-refractivity contribution in [2.24, 2.45) is 0 Å². The summed E-state index contributed by atoms with van der Waals surface area (Å²) >= 11 is 0. The molecule has 4 heteroatoms. The first-order valence-corrected chi connectivity index (χ1v) is 4.70. The number of phenolic OH excluding ortho intramolecular Hbond substituents is 1. The lowest BCUT2D eigenvalue weighted by Gasteiger charge is -2.10. The zero-order valence-corrected chi connectivity index (χ0v) is 9.24. The van der Waals surface area contributed by atoms with Crippen LogP contribution in [-0.4, -0.2) is 5.11 Å². The highest BCUT2D eigenvalue weighted by molar-refractivity contribution is 5.42. The van der Waals surface area contributed by atoms with Crippen molar-refractivity contribution < 1.29 is 18.3 Å². The highest BCUT2D eigenvalue weighted by Gasteiger charge is 2.31. The minimum atomic E-state index is -4.34. The second kappa shape index (κ2) is 5.05. The SMILES string of the molecule is CC.Cc1cc(C(F)(F)F)cc(C)c1O. The van der Waals surface area contributed by atoms with Crippen LogP contribution < -0.4 is 0 Å². The van der Waals surface area contributed by atoms with Gasteiger partial charge in [-0.3, -0.25) is 0 Å². The number of alkyl halides is 3. The second-order valence-corrected chi connectivity index (χ2v) is 2.96. The Morgan fingerprint density at radius 1 is 1.00 bits per heavy atom. The van der Waals surface area contributed by atoms with Crippen molar-refractivity contribution in [2.45, 2.75) is 33.9 Å². The quantitative estimate of drug-likeness (QED) is 0.699. The number of hydrogen-bond acceptors (Lipinski definition) is 1. The van der Waals surface area contributed by atoms with Gasteiger partial charge in [0.25, 0.3) is 0 Å². The predicted octanol–water partition coefficient (Wildman–Crippen LogP) is 4.05. The van der Waals surface area contributed by atoms with Gasteiger partial charge in [-0.25, -0.2) is 0 Å². The van der Waals surface area contributed by atoms with Gasteiger partial charge in [0, 0.05) is 0 Å². The summed E-state index contributed by atoms with van der Waals surface area (Å²) in [6.07, 6.45) is -4.34. The van der Waals surface area contributed by atoms with Gasteiger partial charge in [0.05, 0.1) is 5.56 Å². The molecule has 0 spiro atoms. The molecular formula is C11H15F3O. The highest BCUT2D eigenvalue weighted by Crippen LogP contribution is 2.33. The van der Waals surface area contributed by atoms with E-state index in [1.165, 1.54) is 13.8 Å². The fraction of sp³-hybridized carbons (Fsp3) is 0.455. The van der Waals surface area contributed by atoms with E-state index in [1.807, 2.05) is 13.8 Å². The molecule has 15 heavy (non-hydrogen) atoms. The fourth-order valence-corrected chi connectivity index (χ4v) is 1.12. The lowest BCUT2D eigenvalue weighted by Crippen LogP contribution is -2.05. The Morgan fingerprint density at radius 3 is 1.60 bits per heavy atom. The molecule has 86 valence electrons. The number of benzene rings is 1. The predicted molar refractivity (Wildman–Crippen MR) is 53.9 cm³/mol. The number of aryl methyl sites for hydroxylation is 2. The molecule has 0 unspecified atom stereocenters. The fourth-order valence-electron chi connectivity index (χ4n) is 1.12. The van der Waals surface area contributed by atoms with Crippen LogP contribution in [0.4, 0.5) is 13.2 Å². The zero-order chi connectivity index (χ0) is 12.2. The lowest BCUT2D eigenvalue weighted by atomic mass is 10.1. The standard InChI is InChI=1S/C9H9F3O.C2H6/c1-5-3-7(9(10,11)12)4-6(2)8(5)13;1-2/h3-4,13H,1-2H3;1-2H3. The molecule has 0 aliphatic rings. The third-order valence-corrected chi connectivity index (χ3v) is 1.82. The largest absolute Gasteiger partial charge is 0.507 e. The van der Waals surface area contributed by atoms with Crippen LogP contribution in [0.5, 0.6) is 5.75 Å². The maximum Gasteiger partial charge on any atom is 0.416 e. The highest BCUT2D eigenvalue weighted by atomic mass is 19.4. The monoisotopic (exact) mass is 220 g/mol. The van der Waals surface area contributed by atoms with Crippen LogP contribution in [0.3, 0.4) is 0 Å². The van der Waals surface area contributed by atoms with Gasteiger partial charge in [0.1, 0.15) is 5.75 Å². The average Bonchev–Trinajstić information content (AvgIpc) is 2.15. The average molecular weight is 220 g/mol. The van der Waals surface area contributed by atoms with Crippen LogP contribution >= 0.6 is 0 Å². The Hall–Kier alpha value is -1.19. The van der Waals surface area contributed by atoms with Crippen molar-refractivity contribution in [1.29, 1.82) is 0 Å². The molecule has 0 aliphatic heterocycles. The number of phenols is 1.